The lowest BCUT2D eigenvalue weighted by Crippen LogP contribution is -2.51. The van der Waals surface area contributed by atoms with Gasteiger partial charge in [-0.3, -0.25) is 14.5 Å². The summed E-state index contributed by atoms with van der Waals surface area (Å²) in [4.78, 5) is 30.1. The van der Waals surface area contributed by atoms with Crippen LogP contribution in [0.25, 0.3) is 0 Å². The SMILES string of the molecule is CN(CC(=O)N[C@H]1C[C@H]2CC[C@@H](C1)N2Cc1ccc(Cl)cc1)C(=O)c1ccccc1Nc1cccc(C(F)(F)F)c1. The third kappa shape index (κ3) is 7.02. The van der Waals surface area contributed by atoms with E-state index < -0.39 is 17.6 Å². The minimum absolute atomic E-state index is 0.0415. The van der Waals surface area contributed by atoms with Crippen molar-refractivity contribution in [1.82, 2.24) is 15.1 Å². The molecule has 2 amide bonds. The topological polar surface area (TPSA) is 64.7 Å². The molecule has 216 valence electrons. The van der Waals surface area contributed by atoms with Crippen molar-refractivity contribution in [3.63, 3.8) is 0 Å². The first-order valence-corrected chi connectivity index (χ1v) is 14.0. The van der Waals surface area contributed by atoms with E-state index in [2.05, 4.69) is 27.7 Å². The van der Waals surface area contributed by atoms with Gasteiger partial charge in [-0.05, 0) is 73.7 Å². The molecule has 3 aromatic carbocycles. The van der Waals surface area contributed by atoms with Crippen molar-refractivity contribution in [2.24, 2.45) is 0 Å². The number of fused-ring (bicyclic) bond motifs is 2. The molecular weight excluding hydrogens is 553 g/mol. The molecule has 3 aromatic rings. The summed E-state index contributed by atoms with van der Waals surface area (Å²) in [6.45, 7) is 0.732. The number of anilines is 2. The molecule has 2 aliphatic rings. The first-order valence-electron chi connectivity index (χ1n) is 13.6. The largest absolute Gasteiger partial charge is 0.416 e. The average molecular weight is 585 g/mol. The van der Waals surface area contributed by atoms with Gasteiger partial charge in [0.1, 0.15) is 0 Å². The smallest absolute Gasteiger partial charge is 0.355 e. The van der Waals surface area contributed by atoms with E-state index in [0.717, 1.165) is 49.4 Å². The Balaban J connectivity index is 1.17. The average Bonchev–Trinajstić information content (AvgIpc) is 3.16. The van der Waals surface area contributed by atoms with E-state index in [-0.39, 0.29) is 29.7 Å². The van der Waals surface area contributed by atoms with Crippen LogP contribution >= 0.6 is 11.6 Å². The number of hydrogen-bond donors (Lipinski definition) is 2. The Kier molecular flexibility index (Phi) is 8.56. The van der Waals surface area contributed by atoms with Crippen LogP contribution < -0.4 is 10.6 Å². The number of alkyl halides is 3. The Hall–Kier alpha value is -3.56. The quantitative estimate of drug-likeness (QED) is 0.318. The second kappa shape index (κ2) is 12.1. The maximum Gasteiger partial charge on any atom is 0.416 e. The van der Waals surface area contributed by atoms with E-state index in [1.807, 2.05) is 12.1 Å². The van der Waals surface area contributed by atoms with Crippen LogP contribution in [-0.4, -0.2) is 53.3 Å². The highest BCUT2D eigenvalue weighted by Crippen LogP contribution is 2.37. The number of amides is 2. The number of likely N-dealkylation sites (N-methyl/N-ethyl adjacent to an activating group) is 1. The highest BCUT2D eigenvalue weighted by molar-refractivity contribution is 6.30. The molecule has 0 spiro atoms. The van der Waals surface area contributed by atoms with Crippen LogP contribution in [-0.2, 0) is 17.5 Å². The third-order valence-corrected chi connectivity index (χ3v) is 8.13. The predicted octanol–water partition coefficient (Wildman–Crippen LogP) is 6.49. The Morgan fingerprint density at radius 3 is 2.34 bits per heavy atom. The summed E-state index contributed by atoms with van der Waals surface area (Å²) in [7, 11) is 1.54. The van der Waals surface area contributed by atoms with E-state index >= 15 is 0 Å². The fraction of sp³-hybridized carbons (Fsp3) is 0.355. The van der Waals surface area contributed by atoms with Gasteiger partial charge in [-0.2, -0.15) is 13.2 Å². The molecule has 2 bridgehead atoms. The summed E-state index contributed by atoms with van der Waals surface area (Å²) in [5.41, 5.74) is 1.25. The molecule has 6 nitrogen and oxygen atoms in total. The summed E-state index contributed by atoms with van der Waals surface area (Å²) < 4.78 is 39.4. The van der Waals surface area contributed by atoms with Gasteiger partial charge in [0.25, 0.3) is 5.91 Å². The molecule has 2 fully saturated rings. The van der Waals surface area contributed by atoms with E-state index in [0.29, 0.717) is 17.8 Å². The molecule has 0 saturated carbocycles. The summed E-state index contributed by atoms with van der Waals surface area (Å²) in [5, 5.41) is 6.77. The molecule has 3 atom stereocenters. The Labute approximate surface area is 242 Å². The minimum atomic E-state index is -4.48. The zero-order chi connectivity index (χ0) is 29.1. The molecule has 2 saturated heterocycles. The Morgan fingerprint density at radius 1 is 0.976 bits per heavy atom. The third-order valence-electron chi connectivity index (χ3n) is 7.88. The highest BCUT2D eigenvalue weighted by Gasteiger charge is 2.41. The van der Waals surface area contributed by atoms with Gasteiger partial charge in [-0.25, -0.2) is 0 Å². The number of piperidine rings is 1. The molecule has 0 radical (unpaired) electrons. The van der Waals surface area contributed by atoms with E-state index in [9.17, 15) is 22.8 Å². The predicted molar refractivity (Wildman–Crippen MR) is 153 cm³/mol. The van der Waals surface area contributed by atoms with Gasteiger partial charge in [0.05, 0.1) is 23.4 Å². The van der Waals surface area contributed by atoms with E-state index in [4.69, 9.17) is 11.6 Å². The van der Waals surface area contributed by atoms with Crippen LogP contribution in [0.15, 0.2) is 72.8 Å². The number of carbonyl (C=O) groups is 2. The molecular formula is C31H32ClF3N4O2. The van der Waals surface area contributed by atoms with Crippen molar-refractivity contribution in [2.45, 2.75) is 56.5 Å². The molecule has 41 heavy (non-hydrogen) atoms. The van der Waals surface area contributed by atoms with Crippen molar-refractivity contribution >= 4 is 34.8 Å². The number of para-hydroxylation sites is 1. The Bertz CT molecular complexity index is 1380. The monoisotopic (exact) mass is 584 g/mol. The molecule has 0 aromatic heterocycles. The van der Waals surface area contributed by atoms with E-state index in [1.54, 1.807) is 31.3 Å². The maximum absolute atomic E-state index is 13.3. The summed E-state index contributed by atoms with van der Waals surface area (Å²) >= 11 is 6.03. The fourth-order valence-corrected chi connectivity index (χ4v) is 6.05. The van der Waals surface area contributed by atoms with Gasteiger partial charge in [-0.1, -0.05) is 41.9 Å². The summed E-state index contributed by atoms with van der Waals surface area (Å²) in [6, 6.07) is 20.1. The lowest BCUT2D eigenvalue weighted by Gasteiger charge is -2.39. The standard InChI is InChI=1S/C31H32ClF3N4O2/c1-38(30(41)27-7-2-3-8-28(27)36-23-6-4-5-21(15-23)31(33,34)35)19-29(40)37-24-16-25-13-14-26(17-24)39(25)18-20-9-11-22(32)12-10-20/h2-12,15,24-26,36H,13-14,16-19H2,1H3,(H,37,40)/t24-,25+,26-. The number of nitrogens with one attached hydrogen (secondary N) is 2. The molecule has 5 rings (SSSR count). The van der Waals surface area contributed by atoms with Crippen LogP contribution in [0.1, 0.15) is 47.2 Å². The molecule has 0 aliphatic carbocycles. The van der Waals surface area contributed by atoms with Crippen molar-refractivity contribution < 1.29 is 22.8 Å². The van der Waals surface area contributed by atoms with Gasteiger partial charge in [-0.15, -0.1) is 0 Å². The summed E-state index contributed by atoms with van der Waals surface area (Å²) in [5.74, 6) is -0.646. The number of halogens is 4. The number of rotatable bonds is 8. The zero-order valence-corrected chi connectivity index (χ0v) is 23.4. The normalized spacial score (nSPS) is 20.5. The number of carbonyl (C=O) groups excluding carboxylic acids is 2. The Morgan fingerprint density at radius 2 is 1.66 bits per heavy atom. The number of hydrogen-bond acceptors (Lipinski definition) is 4. The second-order valence-corrected chi connectivity index (χ2v) is 11.3. The van der Waals surface area contributed by atoms with Crippen LogP contribution in [0.4, 0.5) is 24.5 Å². The van der Waals surface area contributed by atoms with Crippen molar-refractivity contribution in [1.29, 1.82) is 0 Å². The van der Waals surface area contributed by atoms with Gasteiger partial charge < -0.3 is 15.5 Å². The second-order valence-electron chi connectivity index (χ2n) is 10.8. The van der Waals surface area contributed by atoms with Crippen LogP contribution in [0.3, 0.4) is 0 Å². The van der Waals surface area contributed by atoms with Crippen molar-refractivity contribution in [2.75, 3.05) is 18.9 Å². The maximum atomic E-state index is 13.3. The highest BCUT2D eigenvalue weighted by atomic mass is 35.5. The first-order chi connectivity index (χ1) is 19.6. The minimum Gasteiger partial charge on any atom is -0.355 e. The number of benzene rings is 3. The molecule has 2 N–H and O–H groups in total. The lowest BCUT2D eigenvalue weighted by atomic mass is 9.96. The van der Waals surface area contributed by atoms with Gasteiger partial charge in [0, 0.05) is 42.4 Å². The van der Waals surface area contributed by atoms with Crippen molar-refractivity contribution in [3.05, 3.63) is 94.5 Å². The van der Waals surface area contributed by atoms with Crippen LogP contribution in [0.2, 0.25) is 5.02 Å². The molecule has 2 heterocycles. The van der Waals surface area contributed by atoms with Crippen LogP contribution in [0.5, 0.6) is 0 Å². The van der Waals surface area contributed by atoms with Crippen molar-refractivity contribution in [3.8, 4) is 0 Å². The number of nitrogens with zero attached hydrogens (tertiary/aromatic N) is 2. The first kappa shape index (κ1) is 29.0. The lowest BCUT2D eigenvalue weighted by molar-refractivity contribution is -0.137. The van der Waals surface area contributed by atoms with E-state index in [1.165, 1.54) is 22.6 Å². The van der Waals surface area contributed by atoms with Gasteiger partial charge in [0.15, 0.2) is 0 Å². The van der Waals surface area contributed by atoms with Gasteiger partial charge >= 0.3 is 6.18 Å². The molecule has 2 aliphatic heterocycles. The fourth-order valence-electron chi connectivity index (χ4n) is 5.92. The molecule has 0 unspecified atom stereocenters. The van der Waals surface area contributed by atoms with Crippen LogP contribution in [0, 0.1) is 0 Å². The zero-order valence-electron chi connectivity index (χ0n) is 22.6. The van der Waals surface area contributed by atoms with Gasteiger partial charge in [0.2, 0.25) is 5.91 Å². The summed E-state index contributed by atoms with van der Waals surface area (Å²) in [6.07, 6.45) is -0.570. The molecule has 10 heteroatoms.